The molecule has 9 nitrogen and oxygen atoms in total. The van der Waals surface area contributed by atoms with Gasteiger partial charge in [-0.3, -0.25) is 9.36 Å². The summed E-state index contributed by atoms with van der Waals surface area (Å²) >= 11 is 1.23. The molecule has 0 bridgehead atoms. The maximum atomic E-state index is 13.7. The van der Waals surface area contributed by atoms with Crippen molar-refractivity contribution in [2.75, 3.05) is 39.8 Å². The van der Waals surface area contributed by atoms with E-state index in [4.69, 9.17) is 18.6 Å². The molecule has 0 N–H and O–H groups in total. The van der Waals surface area contributed by atoms with Crippen LogP contribution in [0.5, 0.6) is 11.5 Å². The third kappa shape index (κ3) is 4.49. The molecule has 3 heterocycles. The number of aromatic nitrogens is 1. The van der Waals surface area contributed by atoms with Crippen molar-refractivity contribution in [3.05, 3.63) is 72.6 Å². The van der Waals surface area contributed by atoms with Gasteiger partial charge in [0.15, 0.2) is 10.7 Å². The Labute approximate surface area is 206 Å². The maximum absolute atomic E-state index is 13.7. The molecule has 10 heteroatoms. The van der Waals surface area contributed by atoms with Crippen LogP contribution >= 0.6 is 11.3 Å². The highest BCUT2D eigenvalue weighted by Gasteiger charge is 2.35. The molecule has 0 fully saturated rings. The number of hydrogen-bond donors (Lipinski definition) is 0. The fourth-order valence-electron chi connectivity index (χ4n) is 3.92. The van der Waals surface area contributed by atoms with E-state index in [1.807, 2.05) is 25.1 Å². The quantitative estimate of drug-likeness (QED) is 0.463. The van der Waals surface area contributed by atoms with Crippen molar-refractivity contribution in [2.45, 2.75) is 19.9 Å². The Bertz CT molecular complexity index is 1480. The third-order valence-electron chi connectivity index (χ3n) is 5.58. The predicted molar refractivity (Wildman–Crippen MR) is 133 cm³/mol. The largest absolute Gasteiger partial charge is 0.497 e. The Kier molecular flexibility index (Phi) is 6.83. The molecule has 1 aliphatic heterocycles. The zero-order valence-electron chi connectivity index (χ0n) is 20.4. The van der Waals surface area contributed by atoms with Crippen LogP contribution < -0.4 is 29.3 Å². The molecule has 3 aromatic rings. The van der Waals surface area contributed by atoms with Crippen molar-refractivity contribution in [3.63, 3.8) is 0 Å². The second-order valence-electron chi connectivity index (χ2n) is 7.98. The highest BCUT2D eigenvalue weighted by molar-refractivity contribution is 7.07. The van der Waals surface area contributed by atoms with E-state index in [0.717, 1.165) is 0 Å². The minimum absolute atomic E-state index is 0.194. The summed E-state index contributed by atoms with van der Waals surface area (Å²) in [5.74, 6) is 1.74. The molecule has 0 saturated carbocycles. The van der Waals surface area contributed by atoms with Crippen molar-refractivity contribution in [2.24, 2.45) is 4.99 Å². The molecule has 0 saturated heterocycles. The van der Waals surface area contributed by atoms with Crippen LogP contribution in [0.15, 0.2) is 55.8 Å². The molecule has 1 atom stereocenters. The molecule has 0 radical (unpaired) electrons. The van der Waals surface area contributed by atoms with Gasteiger partial charge in [0.1, 0.15) is 23.3 Å². The van der Waals surface area contributed by atoms with E-state index in [2.05, 4.69) is 4.99 Å². The first-order valence-electron chi connectivity index (χ1n) is 11.0. The summed E-state index contributed by atoms with van der Waals surface area (Å²) in [5.41, 5.74) is 1.08. The molecule has 4 rings (SSSR count). The second kappa shape index (κ2) is 9.83. The fraction of sp³-hybridized carbons (Fsp3) is 0.320. The van der Waals surface area contributed by atoms with Crippen LogP contribution in [-0.4, -0.2) is 45.5 Å². The fourth-order valence-corrected chi connectivity index (χ4v) is 4.95. The predicted octanol–water partition coefficient (Wildman–Crippen LogP) is 2.47. The van der Waals surface area contributed by atoms with Gasteiger partial charge in [-0.25, -0.2) is 9.79 Å². The van der Waals surface area contributed by atoms with Crippen LogP contribution in [0.25, 0.3) is 6.08 Å². The summed E-state index contributed by atoms with van der Waals surface area (Å²) in [7, 11) is 6.83. The summed E-state index contributed by atoms with van der Waals surface area (Å²) < 4.78 is 24.0. The van der Waals surface area contributed by atoms with Crippen LogP contribution in [-0.2, 0) is 9.53 Å². The number of carbonyl (C=O) groups excluding carboxylic acids is 1. The highest BCUT2D eigenvalue weighted by atomic mass is 32.1. The number of fused-ring (bicyclic) bond motifs is 1. The van der Waals surface area contributed by atoms with Crippen molar-refractivity contribution >= 4 is 29.3 Å². The number of esters is 1. The van der Waals surface area contributed by atoms with Crippen molar-refractivity contribution < 1.29 is 23.4 Å². The van der Waals surface area contributed by atoms with E-state index in [1.165, 1.54) is 23.0 Å². The first kappa shape index (κ1) is 24.3. The van der Waals surface area contributed by atoms with Gasteiger partial charge in [0.2, 0.25) is 0 Å². The van der Waals surface area contributed by atoms with Gasteiger partial charge < -0.3 is 23.5 Å². The Hall–Kier alpha value is -3.79. The lowest BCUT2D eigenvalue weighted by molar-refractivity contribution is -0.139. The van der Waals surface area contributed by atoms with Gasteiger partial charge in [0, 0.05) is 37.9 Å². The van der Waals surface area contributed by atoms with Crippen molar-refractivity contribution in [1.82, 2.24) is 4.57 Å². The van der Waals surface area contributed by atoms with E-state index >= 15 is 0 Å². The standard InChI is InChI=1S/C25H27N3O6S/c1-7-33-24(30)21-14(2)26-25-28(22(21)17-10-8-15(31-5)12-18(17)32-6)23(29)19(35-25)13-16-9-11-20(34-16)27(3)4/h8-13,22H,7H2,1-6H3/b19-13+. The summed E-state index contributed by atoms with van der Waals surface area (Å²) in [4.78, 5) is 33.6. The number of methoxy groups -OCH3 is 2. The zero-order valence-corrected chi connectivity index (χ0v) is 21.3. The molecule has 1 unspecified atom stereocenters. The van der Waals surface area contributed by atoms with Crippen LogP contribution in [0.1, 0.15) is 31.2 Å². The van der Waals surface area contributed by atoms with E-state index in [9.17, 15) is 9.59 Å². The Morgan fingerprint density at radius 1 is 1.23 bits per heavy atom. The zero-order chi connectivity index (χ0) is 25.3. The van der Waals surface area contributed by atoms with Crippen LogP contribution in [0, 0.1) is 0 Å². The molecule has 0 spiro atoms. The van der Waals surface area contributed by atoms with Gasteiger partial charge >= 0.3 is 5.97 Å². The minimum atomic E-state index is -0.790. The van der Waals surface area contributed by atoms with E-state index in [-0.39, 0.29) is 17.7 Å². The van der Waals surface area contributed by atoms with Crippen LogP contribution in [0.2, 0.25) is 0 Å². The van der Waals surface area contributed by atoms with Gasteiger partial charge in [0.05, 0.1) is 36.6 Å². The van der Waals surface area contributed by atoms with Gasteiger partial charge in [0.25, 0.3) is 5.56 Å². The average molecular weight is 498 g/mol. The summed E-state index contributed by atoms with van der Waals surface area (Å²) in [6.45, 7) is 3.67. The third-order valence-corrected chi connectivity index (χ3v) is 6.56. The summed E-state index contributed by atoms with van der Waals surface area (Å²) in [6, 6.07) is 8.10. The van der Waals surface area contributed by atoms with Crippen molar-refractivity contribution in [1.29, 1.82) is 0 Å². The number of benzene rings is 1. The molecule has 2 aromatic heterocycles. The number of ether oxygens (including phenoxy) is 3. The van der Waals surface area contributed by atoms with Gasteiger partial charge in [-0.15, -0.1) is 0 Å². The number of nitrogens with zero attached hydrogens (tertiary/aromatic N) is 3. The van der Waals surface area contributed by atoms with E-state index in [0.29, 0.717) is 43.7 Å². The van der Waals surface area contributed by atoms with Gasteiger partial charge in [-0.05, 0) is 32.0 Å². The topological polar surface area (TPSA) is 95.5 Å². The number of carbonyl (C=O) groups is 1. The minimum Gasteiger partial charge on any atom is -0.497 e. The summed E-state index contributed by atoms with van der Waals surface area (Å²) in [6.07, 6.45) is 1.68. The maximum Gasteiger partial charge on any atom is 0.338 e. The van der Waals surface area contributed by atoms with Crippen molar-refractivity contribution in [3.8, 4) is 11.5 Å². The second-order valence-corrected chi connectivity index (χ2v) is 8.99. The number of rotatable bonds is 7. The Morgan fingerprint density at radius 3 is 2.63 bits per heavy atom. The Balaban J connectivity index is 1.96. The molecule has 184 valence electrons. The first-order valence-corrected chi connectivity index (χ1v) is 11.8. The smallest absolute Gasteiger partial charge is 0.338 e. The lowest BCUT2D eigenvalue weighted by atomic mass is 9.95. The molecular formula is C25H27N3O6S. The molecule has 1 aliphatic rings. The number of allylic oxidation sites excluding steroid dienone is 1. The number of anilines is 1. The van der Waals surface area contributed by atoms with E-state index < -0.39 is 12.0 Å². The number of furan rings is 1. The monoisotopic (exact) mass is 497 g/mol. The highest BCUT2D eigenvalue weighted by Crippen LogP contribution is 2.37. The summed E-state index contributed by atoms with van der Waals surface area (Å²) in [5, 5.41) is 0. The molecular weight excluding hydrogens is 470 g/mol. The number of thiazole rings is 1. The molecule has 1 aromatic carbocycles. The first-order chi connectivity index (χ1) is 16.8. The van der Waals surface area contributed by atoms with Gasteiger partial charge in [-0.1, -0.05) is 11.3 Å². The molecule has 0 amide bonds. The normalized spacial score (nSPS) is 15.5. The average Bonchev–Trinajstić information content (AvgIpc) is 3.42. The lowest BCUT2D eigenvalue weighted by Gasteiger charge is -2.26. The van der Waals surface area contributed by atoms with E-state index in [1.54, 1.807) is 51.3 Å². The lowest BCUT2D eigenvalue weighted by Crippen LogP contribution is -2.40. The molecule has 35 heavy (non-hydrogen) atoms. The SMILES string of the molecule is CCOC(=O)C1=C(C)N=c2s/c(=C/c3ccc(N(C)C)o3)c(=O)n2C1c1ccc(OC)cc1OC. The van der Waals surface area contributed by atoms with Crippen LogP contribution in [0.3, 0.4) is 0 Å². The number of hydrogen-bond acceptors (Lipinski definition) is 9. The Morgan fingerprint density at radius 2 is 2.00 bits per heavy atom. The van der Waals surface area contributed by atoms with Crippen LogP contribution in [0.4, 0.5) is 5.88 Å². The molecule has 0 aliphatic carbocycles. The van der Waals surface area contributed by atoms with Gasteiger partial charge in [-0.2, -0.15) is 0 Å².